The summed E-state index contributed by atoms with van der Waals surface area (Å²) >= 11 is 0. The van der Waals surface area contributed by atoms with Gasteiger partial charge in [0.15, 0.2) is 0 Å². The number of rotatable bonds is 3. The van der Waals surface area contributed by atoms with E-state index in [4.69, 9.17) is 10.5 Å². The average molecular weight is 198 g/mol. The molecular formula is C9H14N2O3. The lowest BCUT2D eigenvalue weighted by Crippen LogP contribution is -2.40. The first-order chi connectivity index (χ1) is 6.65. The Kier molecular flexibility index (Phi) is 3.50. The Morgan fingerprint density at radius 2 is 2.43 bits per heavy atom. The maximum atomic E-state index is 11.4. The molecule has 1 atom stereocenters. The molecule has 5 nitrogen and oxygen atoms in total. The number of nitrogens with one attached hydrogen (secondary N) is 1. The Bertz CT molecular complexity index is 273. The van der Waals surface area contributed by atoms with Gasteiger partial charge in [-0.1, -0.05) is 6.08 Å². The van der Waals surface area contributed by atoms with E-state index in [1.54, 1.807) is 13.0 Å². The number of hydrogen-bond donors (Lipinski definition) is 2. The largest absolute Gasteiger partial charge is 0.463 e. The van der Waals surface area contributed by atoms with E-state index >= 15 is 0 Å². The second-order valence-electron chi connectivity index (χ2n) is 3.02. The van der Waals surface area contributed by atoms with E-state index < -0.39 is 6.03 Å². The van der Waals surface area contributed by atoms with E-state index in [9.17, 15) is 9.59 Å². The first kappa shape index (κ1) is 10.6. The van der Waals surface area contributed by atoms with Gasteiger partial charge in [-0.15, -0.1) is 0 Å². The SMILES string of the molecule is CCOC(=O)C1=CCCC1NC(N)=O. The number of esters is 1. The standard InChI is InChI=1S/C9H14N2O3/c1-2-14-8(12)6-4-3-5-7(6)11-9(10)13/h4,7H,2-3,5H2,1H3,(H3,10,11,13). The van der Waals surface area contributed by atoms with E-state index in [0.29, 0.717) is 18.6 Å². The molecule has 0 heterocycles. The third-order valence-electron chi connectivity index (χ3n) is 2.02. The number of primary amides is 1. The number of amides is 2. The fraction of sp³-hybridized carbons (Fsp3) is 0.556. The van der Waals surface area contributed by atoms with Crippen LogP contribution < -0.4 is 11.1 Å². The summed E-state index contributed by atoms with van der Waals surface area (Å²) in [4.78, 5) is 22.0. The molecule has 0 radical (unpaired) electrons. The molecule has 1 rings (SSSR count). The molecule has 0 saturated heterocycles. The van der Waals surface area contributed by atoms with Gasteiger partial charge in [-0.25, -0.2) is 9.59 Å². The molecule has 0 bridgehead atoms. The first-order valence-electron chi connectivity index (χ1n) is 4.58. The number of allylic oxidation sites excluding steroid dienone is 1. The molecule has 1 aliphatic rings. The van der Waals surface area contributed by atoms with E-state index in [-0.39, 0.29) is 12.0 Å². The van der Waals surface area contributed by atoms with Crippen molar-refractivity contribution in [2.75, 3.05) is 6.61 Å². The first-order valence-corrected chi connectivity index (χ1v) is 4.58. The molecule has 3 N–H and O–H groups in total. The fourth-order valence-electron chi connectivity index (χ4n) is 1.46. The summed E-state index contributed by atoms with van der Waals surface area (Å²) < 4.78 is 4.84. The van der Waals surface area contributed by atoms with Crippen LogP contribution in [0.2, 0.25) is 0 Å². The van der Waals surface area contributed by atoms with Crippen LogP contribution in [-0.2, 0) is 9.53 Å². The zero-order chi connectivity index (χ0) is 10.6. The Morgan fingerprint density at radius 1 is 1.71 bits per heavy atom. The van der Waals surface area contributed by atoms with Gasteiger partial charge in [-0.2, -0.15) is 0 Å². The summed E-state index contributed by atoms with van der Waals surface area (Å²) in [5.41, 5.74) is 5.48. The van der Waals surface area contributed by atoms with E-state index in [2.05, 4.69) is 5.32 Å². The van der Waals surface area contributed by atoms with Crippen molar-refractivity contribution >= 4 is 12.0 Å². The average Bonchev–Trinajstić information content (AvgIpc) is 2.51. The predicted octanol–water partition coefficient (Wildman–Crippen LogP) is 0.307. The van der Waals surface area contributed by atoms with Gasteiger partial charge in [-0.05, 0) is 19.8 Å². The van der Waals surface area contributed by atoms with Gasteiger partial charge >= 0.3 is 12.0 Å². The van der Waals surface area contributed by atoms with Crippen molar-refractivity contribution < 1.29 is 14.3 Å². The van der Waals surface area contributed by atoms with Crippen LogP contribution in [0.15, 0.2) is 11.6 Å². The van der Waals surface area contributed by atoms with E-state index in [1.807, 2.05) is 0 Å². The van der Waals surface area contributed by atoms with E-state index in [1.165, 1.54) is 0 Å². The summed E-state index contributed by atoms with van der Waals surface area (Å²) in [5, 5.41) is 2.50. The van der Waals surface area contributed by atoms with Crippen molar-refractivity contribution in [2.45, 2.75) is 25.8 Å². The molecule has 14 heavy (non-hydrogen) atoms. The molecule has 1 unspecified atom stereocenters. The van der Waals surface area contributed by atoms with Crippen LogP contribution in [0.5, 0.6) is 0 Å². The quantitative estimate of drug-likeness (QED) is 0.640. The van der Waals surface area contributed by atoms with Crippen molar-refractivity contribution in [3.05, 3.63) is 11.6 Å². The van der Waals surface area contributed by atoms with Gasteiger partial charge in [0.05, 0.1) is 18.2 Å². The minimum atomic E-state index is -0.618. The molecule has 78 valence electrons. The van der Waals surface area contributed by atoms with Crippen molar-refractivity contribution in [3.63, 3.8) is 0 Å². The van der Waals surface area contributed by atoms with Gasteiger partial charge in [0.2, 0.25) is 0 Å². The minimum absolute atomic E-state index is 0.286. The Morgan fingerprint density at radius 3 is 3.00 bits per heavy atom. The van der Waals surface area contributed by atoms with E-state index in [0.717, 1.165) is 6.42 Å². The van der Waals surface area contributed by atoms with Crippen LogP contribution in [-0.4, -0.2) is 24.6 Å². The van der Waals surface area contributed by atoms with Crippen molar-refractivity contribution in [1.82, 2.24) is 5.32 Å². The summed E-state index contributed by atoms with van der Waals surface area (Å²) in [6, 6.07) is -0.904. The topological polar surface area (TPSA) is 81.4 Å². The monoisotopic (exact) mass is 198 g/mol. The highest BCUT2D eigenvalue weighted by Crippen LogP contribution is 2.19. The predicted molar refractivity (Wildman–Crippen MR) is 50.5 cm³/mol. The normalized spacial score (nSPS) is 20.1. The summed E-state index contributed by atoms with van der Waals surface area (Å²) in [6.07, 6.45) is 3.24. The fourth-order valence-corrected chi connectivity index (χ4v) is 1.46. The van der Waals surface area contributed by atoms with Crippen molar-refractivity contribution in [1.29, 1.82) is 0 Å². The lowest BCUT2D eigenvalue weighted by Gasteiger charge is -2.13. The number of hydrogen-bond acceptors (Lipinski definition) is 3. The number of carbonyl (C=O) groups is 2. The molecule has 0 aromatic heterocycles. The number of carbonyl (C=O) groups excluding carboxylic acids is 2. The van der Waals surface area contributed by atoms with Gasteiger partial charge < -0.3 is 15.8 Å². The third kappa shape index (κ3) is 2.48. The molecule has 0 aromatic rings. The van der Waals surface area contributed by atoms with Crippen LogP contribution in [0.25, 0.3) is 0 Å². The molecule has 2 amide bonds. The maximum absolute atomic E-state index is 11.4. The molecule has 5 heteroatoms. The van der Waals surface area contributed by atoms with Crippen molar-refractivity contribution in [3.8, 4) is 0 Å². The number of nitrogens with two attached hydrogens (primary N) is 1. The van der Waals surface area contributed by atoms with Gasteiger partial charge in [0.25, 0.3) is 0 Å². The molecule has 0 fully saturated rings. The van der Waals surface area contributed by atoms with Gasteiger partial charge in [0, 0.05) is 0 Å². The molecule has 1 aliphatic carbocycles. The molecule has 0 spiro atoms. The highest BCUT2D eigenvalue weighted by Gasteiger charge is 2.26. The van der Waals surface area contributed by atoms with Crippen LogP contribution in [0.4, 0.5) is 4.79 Å². The molecule has 0 aliphatic heterocycles. The highest BCUT2D eigenvalue weighted by molar-refractivity contribution is 5.91. The molecular weight excluding hydrogens is 184 g/mol. The van der Waals surface area contributed by atoms with Crippen molar-refractivity contribution in [2.24, 2.45) is 5.73 Å². The van der Waals surface area contributed by atoms with Gasteiger partial charge in [0.1, 0.15) is 0 Å². The zero-order valence-corrected chi connectivity index (χ0v) is 8.08. The van der Waals surface area contributed by atoms with Crippen LogP contribution in [0.1, 0.15) is 19.8 Å². The summed E-state index contributed by atoms with van der Waals surface area (Å²) in [6.45, 7) is 2.07. The second-order valence-corrected chi connectivity index (χ2v) is 3.02. The zero-order valence-electron chi connectivity index (χ0n) is 8.08. The minimum Gasteiger partial charge on any atom is -0.463 e. The maximum Gasteiger partial charge on any atom is 0.335 e. The Balaban J connectivity index is 2.58. The smallest absolute Gasteiger partial charge is 0.335 e. The highest BCUT2D eigenvalue weighted by atomic mass is 16.5. The summed E-state index contributed by atoms with van der Waals surface area (Å²) in [7, 11) is 0. The van der Waals surface area contributed by atoms with Crippen LogP contribution >= 0.6 is 0 Å². The summed E-state index contributed by atoms with van der Waals surface area (Å²) in [5.74, 6) is -0.372. The van der Waals surface area contributed by atoms with Crippen LogP contribution in [0.3, 0.4) is 0 Å². The molecule has 0 aromatic carbocycles. The Hall–Kier alpha value is -1.52. The van der Waals surface area contributed by atoms with Gasteiger partial charge in [-0.3, -0.25) is 0 Å². The Labute approximate surface area is 82.3 Å². The third-order valence-corrected chi connectivity index (χ3v) is 2.02. The lowest BCUT2D eigenvalue weighted by atomic mass is 10.1. The lowest BCUT2D eigenvalue weighted by molar-refractivity contribution is -0.138. The van der Waals surface area contributed by atoms with Crippen LogP contribution in [0, 0.1) is 0 Å². The number of urea groups is 1. The number of ether oxygens (including phenoxy) is 1. The second kappa shape index (κ2) is 4.64. The molecule has 0 saturated carbocycles.